The van der Waals surface area contributed by atoms with Gasteiger partial charge in [0, 0.05) is 17.7 Å². The third-order valence-corrected chi connectivity index (χ3v) is 5.91. The van der Waals surface area contributed by atoms with Gasteiger partial charge in [0.1, 0.15) is 5.69 Å². The zero-order valence-corrected chi connectivity index (χ0v) is 20.9. The fourth-order valence-corrected chi connectivity index (χ4v) is 3.92. The number of amides is 2. The first-order valence-corrected chi connectivity index (χ1v) is 12.0. The summed E-state index contributed by atoms with van der Waals surface area (Å²) in [6, 6.07) is 17.6. The van der Waals surface area contributed by atoms with E-state index in [4.69, 9.17) is 10.5 Å². The SMILES string of the molecule is NC(=O)c1ccc(NC(=O)COC(=O)CCc2nc3cc(C(F)(F)F)ccc3n(Cc3ccccc3)c2=O)cc1. The van der Waals surface area contributed by atoms with Crippen molar-refractivity contribution in [3.05, 3.63) is 106 Å². The Morgan fingerprint density at radius 2 is 1.68 bits per heavy atom. The zero-order chi connectivity index (χ0) is 28.9. The number of fused-ring (bicyclic) bond motifs is 1. The standard InChI is InChI=1S/C28H23F3N4O5/c29-28(30,31)19-8-12-23-22(14-19)34-21(27(39)35(23)15-17-4-2-1-3-5-17)11-13-25(37)40-16-24(36)33-20-9-6-18(7-10-20)26(32)38/h1-10,12,14H,11,13,15-16H2,(H2,32,38)(H,33,36). The van der Waals surface area contributed by atoms with E-state index in [0.717, 1.165) is 17.7 Å². The number of esters is 1. The number of carbonyl (C=O) groups is 3. The molecular formula is C28H23F3N4O5. The number of primary amides is 1. The fraction of sp³-hybridized carbons (Fsp3) is 0.179. The Kier molecular flexibility index (Phi) is 8.27. The number of ether oxygens (including phenoxy) is 1. The minimum Gasteiger partial charge on any atom is -0.456 e. The van der Waals surface area contributed by atoms with Crippen LogP contribution in [0.2, 0.25) is 0 Å². The van der Waals surface area contributed by atoms with Crippen molar-refractivity contribution in [2.45, 2.75) is 25.6 Å². The lowest BCUT2D eigenvalue weighted by molar-refractivity contribution is -0.147. The Bertz CT molecular complexity index is 1620. The Hall–Kier alpha value is -5.00. The number of hydrogen-bond donors (Lipinski definition) is 2. The van der Waals surface area contributed by atoms with Crippen LogP contribution in [-0.4, -0.2) is 33.9 Å². The number of anilines is 1. The average molecular weight is 553 g/mol. The highest BCUT2D eigenvalue weighted by atomic mass is 19.4. The van der Waals surface area contributed by atoms with Gasteiger partial charge in [0.2, 0.25) is 5.91 Å². The molecule has 0 spiro atoms. The number of nitrogens with one attached hydrogen (secondary N) is 1. The van der Waals surface area contributed by atoms with Crippen LogP contribution in [-0.2, 0) is 33.5 Å². The predicted molar refractivity (Wildman–Crippen MR) is 139 cm³/mol. The molecular weight excluding hydrogens is 529 g/mol. The summed E-state index contributed by atoms with van der Waals surface area (Å²) in [6.45, 7) is -0.531. The molecule has 3 N–H and O–H groups in total. The lowest BCUT2D eigenvalue weighted by Gasteiger charge is -2.14. The van der Waals surface area contributed by atoms with Gasteiger partial charge in [-0.25, -0.2) is 4.98 Å². The fourth-order valence-electron chi connectivity index (χ4n) is 3.92. The summed E-state index contributed by atoms with van der Waals surface area (Å²) < 4.78 is 46.3. The number of nitrogens with zero attached hydrogens (tertiary/aromatic N) is 2. The van der Waals surface area contributed by atoms with E-state index in [0.29, 0.717) is 5.69 Å². The van der Waals surface area contributed by atoms with Crippen LogP contribution in [0, 0.1) is 0 Å². The van der Waals surface area contributed by atoms with E-state index in [1.54, 1.807) is 30.3 Å². The van der Waals surface area contributed by atoms with Crippen molar-refractivity contribution < 1.29 is 32.3 Å². The number of alkyl halides is 3. The molecule has 1 aromatic heterocycles. The molecule has 4 aromatic rings. The van der Waals surface area contributed by atoms with Gasteiger partial charge >= 0.3 is 12.1 Å². The number of aryl methyl sites for hydroxylation is 1. The zero-order valence-electron chi connectivity index (χ0n) is 20.9. The molecule has 2 amide bonds. The van der Waals surface area contributed by atoms with Gasteiger partial charge < -0.3 is 20.4 Å². The molecule has 0 atom stereocenters. The first-order chi connectivity index (χ1) is 19.0. The molecule has 9 nitrogen and oxygen atoms in total. The molecule has 12 heteroatoms. The van der Waals surface area contributed by atoms with E-state index < -0.39 is 41.7 Å². The predicted octanol–water partition coefficient (Wildman–Crippen LogP) is 3.68. The van der Waals surface area contributed by atoms with Crippen LogP contribution in [0.1, 0.15) is 33.6 Å². The maximum absolute atomic E-state index is 13.3. The van der Waals surface area contributed by atoms with Crippen LogP contribution in [0.25, 0.3) is 11.0 Å². The molecule has 206 valence electrons. The topological polar surface area (TPSA) is 133 Å². The Balaban J connectivity index is 1.47. The van der Waals surface area contributed by atoms with Crippen LogP contribution < -0.4 is 16.6 Å². The lowest BCUT2D eigenvalue weighted by Crippen LogP contribution is -2.27. The van der Waals surface area contributed by atoms with Gasteiger partial charge in [-0.1, -0.05) is 30.3 Å². The molecule has 0 radical (unpaired) electrons. The van der Waals surface area contributed by atoms with Crippen molar-refractivity contribution in [1.82, 2.24) is 9.55 Å². The summed E-state index contributed by atoms with van der Waals surface area (Å²) in [6.07, 6.45) is -5.15. The van der Waals surface area contributed by atoms with E-state index in [9.17, 15) is 32.3 Å². The highest BCUT2D eigenvalue weighted by Crippen LogP contribution is 2.31. The third kappa shape index (κ3) is 6.90. The molecule has 3 aromatic carbocycles. The molecule has 0 saturated carbocycles. The molecule has 0 aliphatic heterocycles. The largest absolute Gasteiger partial charge is 0.456 e. The minimum absolute atomic E-state index is 0.0459. The first-order valence-electron chi connectivity index (χ1n) is 12.0. The number of aromatic nitrogens is 2. The summed E-state index contributed by atoms with van der Waals surface area (Å²) >= 11 is 0. The Morgan fingerprint density at radius 1 is 0.975 bits per heavy atom. The van der Waals surface area contributed by atoms with Crippen molar-refractivity contribution in [2.24, 2.45) is 5.73 Å². The van der Waals surface area contributed by atoms with Gasteiger partial charge in [0.15, 0.2) is 6.61 Å². The molecule has 0 aliphatic rings. The molecule has 40 heavy (non-hydrogen) atoms. The minimum atomic E-state index is -4.61. The average Bonchev–Trinajstić information content (AvgIpc) is 2.92. The number of benzene rings is 3. The van der Waals surface area contributed by atoms with Crippen LogP contribution in [0.5, 0.6) is 0 Å². The van der Waals surface area contributed by atoms with Crippen molar-refractivity contribution in [1.29, 1.82) is 0 Å². The van der Waals surface area contributed by atoms with E-state index in [-0.39, 0.29) is 41.7 Å². The number of nitrogens with two attached hydrogens (primary N) is 1. The van der Waals surface area contributed by atoms with E-state index in [2.05, 4.69) is 10.3 Å². The second-order valence-electron chi connectivity index (χ2n) is 8.79. The quantitative estimate of drug-likeness (QED) is 0.305. The van der Waals surface area contributed by atoms with Crippen molar-refractivity contribution in [3.63, 3.8) is 0 Å². The normalized spacial score (nSPS) is 11.3. The van der Waals surface area contributed by atoms with E-state index >= 15 is 0 Å². The Morgan fingerprint density at radius 3 is 2.33 bits per heavy atom. The second kappa shape index (κ2) is 11.8. The summed E-state index contributed by atoms with van der Waals surface area (Å²) in [7, 11) is 0. The van der Waals surface area contributed by atoms with Gasteiger partial charge in [0.05, 0.1) is 29.6 Å². The summed E-state index contributed by atoms with van der Waals surface area (Å²) in [5.74, 6) is -2.08. The van der Waals surface area contributed by atoms with E-state index in [1.807, 2.05) is 0 Å². The summed E-state index contributed by atoms with van der Waals surface area (Å²) in [4.78, 5) is 52.9. The van der Waals surface area contributed by atoms with Crippen LogP contribution in [0.15, 0.2) is 77.6 Å². The lowest BCUT2D eigenvalue weighted by atomic mass is 10.1. The molecule has 1 heterocycles. The molecule has 4 rings (SSSR count). The van der Waals surface area contributed by atoms with Gasteiger partial charge in [-0.05, 0) is 48.0 Å². The van der Waals surface area contributed by atoms with Crippen molar-refractivity contribution in [2.75, 3.05) is 11.9 Å². The number of hydrogen-bond acceptors (Lipinski definition) is 6. The molecule has 0 aliphatic carbocycles. The highest BCUT2D eigenvalue weighted by Gasteiger charge is 2.31. The first kappa shape index (κ1) is 28.0. The molecule has 0 saturated heterocycles. The molecule has 0 bridgehead atoms. The van der Waals surface area contributed by atoms with E-state index in [1.165, 1.54) is 34.9 Å². The van der Waals surface area contributed by atoms with Gasteiger partial charge in [0.25, 0.3) is 11.5 Å². The van der Waals surface area contributed by atoms with Crippen LogP contribution >= 0.6 is 0 Å². The summed E-state index contributed by atoms with van der Waals surface area (Å²) in [5, 5.41) is 2.49. The second-order valence-corrected chi connectivity index (χ2v) is 8.79. The maximum Gasteiger partial charge on any atom is 0.416 e. The number of halogens is 3. The van der Waals surface area contributed by atoms with Crippen LogP contribution in [0.3, 0.4) is 0 Å². The van der Waals surface area contributed by atoms with Gasteiger partial charge in [-0.3, -0.25) is 19.2 Å². The smallest absolute Gasteiger partial charge is 0.416 e. The van der Waals surface area contributed by atoms with Crippen molar-refractivity contribution in [3.8, 4) is 0 Å². The maximum atomic E-state index is 13.3. The number of rotatable bonds is 9. The van der Waals surface area contributed by atoms with Crippen molar-refractivity contribution >= 4 is 34.5 Å². The molecule has 0 fully saturated rings. The highest BCUT2D eigenvalue weighted by molar-refractivity contribution is 5.95. The molecule has 0 unspecified atom stereocenters. The van der Waals surface area contributed by atoms with Gasteiger partial charge in [-0.15, -0.1) is 0 Å². The van der Waals surface area contributed by atoms with Gasteiger partial charge in [-0.2, -0.15) is 13.2 Å². The summed E-state index contributed by atoms with van der Waals surface area (Å²) in [5.41, 5.74) is 5.10. The monoisotopic (exact) mass is 552 g/mol. The Labute approximate surface area is 225 Å². The van der Waals surface area contributed by atoms with Crippen LogP contribution in [0.4, 0.5) is 18.9 Å². The third-order valence-electron chi connectivity index (χ3n) is 5.91. The number of carbonyl (C=O) groups excluding carboxylic acids is 3.